The molecule has 4 aromatic rings. The number of rotatable bonds is 7. The highest BCUT2D eigenvalue weighted by Gasteiger charge is 2.17. The second kappa shape index (κ2) is 10.7. The predicted octanol–water partition coefficient (Wildman–Crippen LogP) is 2.09. The van der Waals surface area contributed by atoms with Gasteiger partial charge in [0.2, 0.25) is 5.95 Å². The zero-order valence-corrected chi connectivity index (χ0v) is 18.7. The van der Waals surface area contributed by atoms with Crippen molar-refractivity contribution in [2.75, 3.05) is 19.0 Å². The van der Waals surface area contributed by atoms with Gasteiger partial charge in [-0.05, 0) is 25.0 Å². The van der Waals surface area contributed by atoms with Gasteiger partial charge in [-0.3, -0.25) is 9.67 Å². The summed E-state index contributed by atoms with van der Waals surface area (Å²) in [4.78, 5) is 22.4. The van der Waals surface area contributed by atoms with Crippen molar-refractivity contribution in [3.63, 3.8) is 0 Å². The lowest BCUT2D eigenvalue weighted by Crippen LogP contribution is -2.16. The molecule has 0 bridgehead atoms. The lowest BCUT2D eigenvalue weighted by molar-refractivity contribution is 0.183. The number of ether oxygens (including phenoxy) is 1. The Bertz CT molecular complexity index is 1230. The first-order valence-electron chi connectivity index (χ1n) is 10.8. The van der Waals surface area contributed by atoms with E-state index in [9.17, 15) is 0 Å². The molecule has 13 nitrogen and oxygen atoms in total. The third-order valence-electron chi connectivity index (χ3n) is 5.33. The molecule has 0 spiro atoms. The second-order valence-corrected chi connectivity index (χ2v) is 7.75. The van der Waals surface area contributed by atoms with Gasteiger partial charge in [-0.2, -0.15) is 14.8 Å². The minimum atomic E-state index is -1.33. The number of carboxylic acid groups (broad SMARTS) is 1. The summed E-state index contributed by atoms with van der Waals surface area (Å²) in [6.45, 7) is 1.32. The molecule has 34 heavy (non-hydrogen) atoms. The highest BCUT2D eigenvalue weighted by atomic mass is 16.5. The van der Waals surface area contributed by atoms with Gasteiger partial charge in [-0.1, -0.05) is 18.1 Å². The maximum absolute atomic E-state index is 8.78. The quantitative estimate of drug-likeness (QED) is 0.366. The molecule has 0 unspecified atom stereocenters. The summed E-state index contributed by atoms with van der Waals surface area (Å²) in [6, 6.07) is 4.34. The third-order valence-corrected chi connectivity index (χ3v) is 5.33. The average Bonchev–Trinajstić information content (AvgIpc) is 3.58. The minimum absolute atomic E-state index is 0.442. The number of pyridine rings is 1. The van der Waals surface area contributed by atoms with E-state index in [1.165, 1.54) is 12.8 Å². The normalized spacial score (nSPS) is 13.6. The van der Waals surface area contributed by atoms with E-state index < -0.39 is 6.09 Å². The Morgan fingerprint density at radius 3 is 2.74 bits per heavy atom. The molecule has 178 valence electrons. The molecule has 4 heterocycles. The Morgan fingerprint density at radius 1 is 1.24 bits per heavy atom. The van der Waals surface area contributed by atoms with Gasteiger partial charge in [0.1, 0.15) is 0 Å². The largest absolute Gasteiger partial charge is 0.465 e. The molecule has 13 heteroatoms. The standard InChI is InChI=1S/C20H23N9O.CH3NO2/c1-30-9-8-28-13-14(10-23-28)17-7-6-16(11-21-17)29-19-18(26-27-29)12-22-20(25-19)24-15-4-2-3-5-15;2-1(3)4/h6-7,10-13,15H,2-5,8-9H2,1H3,(H,22,24,25);2H2,(H,3,4). The van der Waals surface area contributed by atoms with Crippen LogP contribution in [0, 0.1) is 0 Å². The van der Waals surface area contributed by atoms with Crippen LogP contribution in [0.3, 0.4) is 0 Å². The molecule has 0 aromatic carbocycles. The van der Waals surface area contributed by atoms with Crippen LogP contribution >= 0.6 is 0 Å². The van der Waals surface area contributed by atoms with E-state index in [0.717, 1.165) is 29.8 Å². The molecule has 1 aliphatic carbocycles. The number of aromatic nitrogens is 8. The van der Waals surface area contributed by atoms with Crippen molar-refractivity contribution in [3.05, 3.63) is 36.9 Å². The lowest BCUT2D eigenvalue weighted by atomic mass is 10.2. The molecular formula is C21H26N10O3. The Balaban J connectivity index is 0.000000636. The van der Waals surface area contributed by atoms with Crippen molar-refractivity contribution in [1.29, 1.82) is 0 Å². The summed E-state index contributed by atoms with van der Waals surface area (Å²) in [5.74, 6) is 0.617. The maximum Gasteiger partial charge on any atom is 0.402 e. The Morgan fingerprint density at radius 2 is 2.03 bits per heavy atom. The predicted molar refractivity (Wildman–Crippen MR) is 123 cm³/mol. The van der Waals surface area contributed by atoms with Gasteiger partial charge < -0.3 is 20.9 Å². The SMILES string of the molecule is COCCn1cc(-c2ccc(-n3nnc4cnc(NC5CCCC5)nc43)cn2)cn1.NC(=O)O. The first kappa shape index (κ1) is 23.0. The molecule has 0 saturated heterocycles. The Hall–Kier alpha value is -4.13. The lowest BCUT2D eigenvalue weighted by Gasteiger charge is -2.11. The van der Waals surface area contributed by atoms with Crippen molar-refractivity contribution >= 4 is 23.2 Å². The molecule has 0 atom stereocenters. The van der Waals surface area contributed by atoms with Gasteiger partial charge in [-0.25, -0.2) is 9.78 Å². The molecular weight excluding hydrogens is 440 g/mol. The maximum atomic E-state index is 8.78. The van der Waals surface area contributed by atoms with Crippen LogP contribution in [0.5, 0.6) is 0 Å². The second-order valence-electron chi connectivity index (χ2n) is 7.75. The van der Waals surface area contributed by atoms with Crippen LogP contribution in [0.15, 0.2) is 36.9 Å². The first-order chi connectivity index (χ1) is 16.5. The zero-order chi connectivity index (χ0) is 23.9. The summed E-state index contributed by atoms with van der Waals surface area (Å²) < 4.78 is 8.62. The summed E-state index contributed by atoms with van der Waals surface area (Å²) in [5.41, 5.74) is 7.91. The van der Waals surface area contributed by atoms with Gasteiger partial charge in [0.15, 0.2) is 11.2 Å². The molecule has 0 aliphatic heterocycles. The Labute approximate surface area is 195 Å². The monoisotopic (exact) mass is 466 g/mol. The number of nitrogens with one attached hydrogen (secondary N) is 1. The summed E-state index contributed by atoms with van der Waals surface area (Å²) in [5, 5.41) is 23.4. The van der Waals surface area contributed by atoms with Gasteiger partial charge in [-0.15, -0.1) is 5.10 Å². The number of carbonyl (C=O) groups is 1. The number of primary amides is 1. The van der Waals surface area contributed by atoms with Crippen LogP contribution in [0.4, 0.5) is 10.7 Å². The van der Waals surface area contributed by atoms with E-state index in [0.29, 0.717) is 36.3 Å². The van der Waals surface area contributed by atoms with Crippen LogP contribution in [0.2, 0.25) is 0 Å². The van der Waals surface area contributed by atoms with Crippen molar-refractivity contribution in [2.24, 2.45) is 5.73 Å². The molecule has 0 radical (unpaired) electrons. The highest BCUT2D eigenvalue weighted by Crippen LogP contribution is 2.22. The number of hydrogen-bond acceptors (Lipinski definition) is 9. The van der Waals surface area contributed by atoms with Crippen molar-refractivity contribution in [3.8, 4) is 16.9 Å². The van der Waals surface area contributed by atoms with Crippen LogP contribution in [-0.2, 0) is 11.3 Å². The number of anilines is 1. The van der Waals surface area contributed by atoms with Gasteiger partial charge in [0.25, 0.3) is 0 Å². The Kier molecular flexibility index (Phi) is 7.22. The molecule has 5 rings (SSSR count). The number of fused-ring (bicyclic) bond motifs is 1. The first-order valence-corrected chi connectivity index (χ1v) is 10.8. The van der Waals surface area contributed by atoms with Crippen LogP contribution in [0.1, 0.15) is 25.7 Å². The van der Waals surface area contributed by atoms with Gasteiger partial charge in [0, 0.05) is 24.9 Å². The topological polar surface area (TPSA) is 172 Å². The molecule has 1 amide bonds. The number of methoxy groups -OCH3 is 1. The summed E-state index contributed by atoms with van der Waals surface area (Å²) in [6.07, 6.45) is 10.7. The summed E-state index contributed by atoms with van der Waals surface area (Å²) in [7, 11) is 1.68. The molecule has 1 saturated carbocycles. The minimum Gasteiger partial charge on any atom is -0.465 e. The van der Waals surface area contributed by atoms with Crippen molar-refractivity contribution in [2.45, 2.75) is 38.3 Å². The van der Waals surface area contributed by atoms with Crippen molar-refractivity contribution < 1.29 is 14.6 Å². The fraction of sp³-hybridized carbons (Fsp3) is 0.381. The number of nitrogens with zero attached hydrogens (tertiary/aromatic N) is 8. The van der Waals surface area contributed by atoms with Crippen LogP contribution < -0.4 is 11.1 Å². The van der Waals surface area contributed by atoms with E-state index in [2.05, 4.69) is 41.4 Å². The number of hydrogen-bond donors (Lipinski definition) is 3. The highest BCUT2D eigenvalue weighted by molar-refractivity contribution is 5.72. The fourth-order valence-corrected chi connectivity index (χ4v) is 3.71. The molecule has 1 aliphatic rings. The van der Waals surface area contributed by atoms with E-state index >= 15 is 0 Å². The molecule has 1 fully saturated rings. The van der Waals surface area contributed by atoms with E-state index in [-0.39, 0.29) is 0 Å². The van der Waals surface area contributed by atoms with Gasteiger partial charge >= 0.3 is 6.09 Å². The number of nitrogens with two attached hydrogens (primary N) is 1. The van der Waals surface area contributed by atoms with E-state index in [1.807, 2.05) is 23.0 Å². The van der Waals surface area contributed by atoms with E-state index in [1.54, 1.807) is 30.4 Å². The fourth-order valence-electron chi connectivity index (χ4n) is 3.71. The van der Waals surface area contributed by atoms with Crippen LogP contribution in [-0.4, -0.2) is 70.7 Å². The third kappa shape index (κ3) is 5.61. The van der Waals surface area contributed by atoms with Crippen LogP contribution in [0.25, 0.3) is 28.1 Å². The molecule has 4 N–H and O–H groups in total. The smallest absolute Gasteiger partial charge is 0.402 e. The number of amides is 1. The zero-order valence-electron chi connectivity index (χ0n) is 18.7. The average molecular weight is 467 g/mol. The van der Waals surface area contributed by atoms with Gasteiger partial charge in [0.05, 0.1) is 43.1 Å². The summed E-state index contributed by atoms with van der Waals surface area (Å²) >= 11 is 0. The van der Waals surface area contributed by atoms with E-state index in [4.69, 9.17) is 14.6 Å². The molecule has 4 aromatic heterocycles. The van der Waals surface area contributed by atoms with Crippen molar-refractivity contribution in [1.82, 2.24) is 39.7 Å².